The Balaban J connectivity index is 1.56. The summed E-state index contributed by atoms with van der Waals surface area (Å²) < 4.78 is 40.0. The minimum absolute atomic E-state index is 0.306. The highest BCUT2D eigenvalue weighted by Crippen LogP contribution is 2.34. The molecule has 1 atom stereocenters. The molecule has 1 saturated heterocycles. The summed E-state index contributed by atoms with van der Waals surface area (Å²) in [7, 11) is 0. The fraction of sp³-hybridized carbons (Fsp3) is 0.667. The number of rotatable bonds is 4. The van der Waals surface area contributed by atoms with Crippen molar-refractivity contribution in [3.05, 3.63) is 22.5 Å². The maximum Gasteiger partial charge on any atom is 0.445 e. The van der Waals surface area contributed by atoms with E-state index in [0.717, 1.165) is 31.0 Å². The summed E-state index contributed by atoms with van der Waals surface area (Å²) >= 11 is 0.609. The third kappa shape index (κ3) is 4.12. The monoisotopic (exact) mass is 374 g/mol. The number of hydrogen-bond acceptors (Lipinski definition) is 6. The minimum atomic E-state index is -4.42. The lowest BCUT2D eigenvalue weighted by molar-refractivity contribution is -0.138. The second kappa shape index (κ2) is 6.91. The molecule has 0 saturated carbocycles. The van der Waals surface area contributed by atoms with Gasteiger partial charge in [0.15, 0.2) is 0 Å². The standard InChI is InChI=1S/C15H21F3N6S/c1-10-8-11(2)24(21-10)9-12(3)22-4-6-23(7-5-22)14-20-19-13(25-14)15(16,17)18/h8,12H,4-7,9H2,1-3H3. The van der Waals surface area contributed by atoms with E-state index < -0.39 is 11.2 Å². The van der Waals surface area contributed by atoms with Gasteiger partial charge in [0.2, 0.25) is 10.1 Å². The number of anilines is 1. The third-order valence-electron chi connectivity index (χ3n) is 4.41. The van der Waals surface area contributed by atoms with Crippen LogP contribution in [0, 0.1) is 13.8 Å². The molecule has 25 heavy (non-hydrogen) atoms. The summed E-state index contributed by atoms with van der Waals surface area (Å²) in [6.45, 7) is 9.82. The Bertz CT molecular complexity index is 717. The van der Waals surface area contributed by atoms with E-state index in [4.69, 9.17) is 0 Å². The largest absolute Gasteiger partial charge is 0.445 e. The summed E-state index contributed by atoms with van der Waals surface area (Å²) in [6, 6.07) is 2.36. The van der Waals surface area contributed by atoms with Gasteiger partial charge in [-0.3, -0.25) is 9.58 Å². The fourth-order valence-electron chi connectivity index (χ4n) is 3.04. The van der Waals surface area contributed by atoms with Gasteiger partial charge < -0.3 is 4.90 Å². The maximum absolute atomic E-state index is 12.7. The third-order valence-corrected chi connectivity index (χ3v) is 5.43. The average molecular weight is 374 g/mol. The lowest BCUT2D eigenvalue weighted by atomic mass is 10.2. The van der Waals surface area contributed by atoms with E-state index in [1.165, 1.54) is 0 Å². The van der Waals surface area contributed by atoms with Crippen molar-refractivity contribution in [1.29, 1.82) is 0 Å². The van der Waals surface area contributed by atoms with Gasteiger partial charge in [0.05, 0.1) is 12.2 Å². The predicted molar refractivity (Wildman–Crippen MR) is 89.9 cm³/mol. The number of halogens is 3. The Labute approximate surface area is 148 Å². The molecule has 0 N–H and O–H groups in total. The van der Waals surface area contributed by atoms with Crippen LogP contribution in [-0.4, -0.2) is 57.1 Å². The van der Waals surface area contributed by atoms with Crippen molar-refractivity contribution in [2.24, 2.45) is 0 Å². The average Bonchev–Trinajstić information content (AvgIpc) is 3.14. The van der Waals surface area contributed by atoms with Gasteiger partial charge in [0.1, 0.15) is 0 Å². The normalized spacial score (nSPS) is 17.9. The van der Waals surface area contributed by atoms with Crippen LogP contribution in [0.3, 0.4) is 0 Å². The van der Waals surface area contributed by atoms with E-state index in [-0.39, 0.29) is 0 Å². The first-order chi connectivity index (χ1) is 11.7. The molecular formula is C15H21F3N6S. The molecule has 2 aromatic heterocycles. The molecule has 0 aliphatic carbocycles. The molecule has 3 rings (SSSR count). The first kappa shape index (κ1) is 18.1. The zero-order chi connectivity index (χ0) is 18.2. The summed E-state index contributed by atoms with van der Waals surface area (Å²) in [5, 5.41) is 10.9. The molecule has 0 amide bonds. The molecule has 1 unspecified atom stereocenters. The number of aryl methyl sites for hydroxylation is 2. The fourth-order valence-corrected chi connectivity index (χ4v) is 3.80. The van der Waals surface area contributed by atoms with E-state index in [1.54, 1.807) is 0 Å². The van der Waals surface area contributed by atoms with Crippen molar-refractivity contribution in [3.8, 4) is 0 Å². The number of piperazine rings is 1. The number of alkyl halides is 3. The summed E-state index contributed by atoms with van der Waals surface area (Å²) in [4.78, 5) is 4.21. The van der Waals surface area contributed by atoms with Crippen LogP contribution in [0.15, 0.2) is 6.07 Å². The maximum atomic E-state index is 12.7. The Morgan fingerprint density at radius 3 is 2.36 bits per heavy atom. The van der Waals surface area contributed by atoms with E-state index in [9.17, 15) is 13.2 Å². The van der Waals surface area contributed by atoms with Crippen LogP contribution >= 0.6 is 11.3 Å². The minimum Gasteiger partial charge on any atom is -0.344 e. The van der Waals surface area contributed by atoms with Crippen LogP contribution in [0.1, 0.15) is 23.3 Å². The Hall–Kier alpha value is -1.68. The predicted octanol–water partition coefficient (Wildman–Crippen LogP) is 2.58. The van der Waals surface area contributed by atoms with Crippen LogP contribution in [-0.2, 0) is 12.7 Å². The van der Waals surface area contributed by atoms with Gasteiger partial charge in [-0.15, -0.1) is 10.2 Å². The molecule has 3 heterocycles. The van der Waals surface area contributed by atoms with Crippen LogP contribution in [0.5, 0.6) is 0 Å². The van der Waals surface area contributed by atoms with Crippen molar-refractivity contribution in [2.75, 3.05) is 31.1 Å². The lowest BCUT2D eigenvalue weighted by Crippen LogP contribution is -2.50. The topological polar surface area (TPSA) is 50.1 Å². The van der Waals surface area contributed by atoms with Gasteiger partial charge in [-0.1, -0.05) is 11.3 Å². The van der Waals surface area contributed by atoms with Crippen LogP contribution < -0.4 is 4.90 Å². The molecule has 10 heteroatoms. The highest BCUT2D eigenvalue weighted by atomic mass is 32.1. The molecule has 0 aromatic carbocycles. The first-order valence-electron chi connectivity index (χ1n) is 8.15. The molecule has 1 aliphatic rings. The van der Waals surface area contributed by atoms with Crippen LogP contribution in [0.2, 0.25) is 0 Å². The molecule has 1 aliphatic heterocycles. The highest BCUT2D eigenvalue weighted by Gasteiger charge is 2.36. The van der Waals surface area contributed by atoms with Gasteiger partial charge in [-0.05, 0) is 26.8 Å². The SMILES string of the molecule is Cc1cc(C)n(CC(C)N2CCN(c3nnc(C(F)(F)F)s3)CC2)n1. The molecule has 2 aromatic rings. The van der Waals surface area contributed by atoms with Gasteiger partial charge >= 0.3 is 6.18 Å². The second-order valence-electron chi connectivity index (χ2n) is 6.37. The number of aromatic nitrogens is 4. The smallest absolute Gasteiger partial charge is 0.344 e. The molecule has 138 valence electrons. The van der Waals surface area contributed by atoms with Crippen molar-refractivity contribution in [2.45, 2.75) is 39.5 Å². The zero-order valence-electron chi connectivity index (χ0n) is 14.4. The molecular weight excluding hydrogens is 353 g/mol. The van der Waals surface area contributed by atoms with Gasteiger partial charge in [-0.25, -0.2) is 0 Å². The quantitative estimate of drug-likeness (QED) is 0.823. The summed E-state index contributed by atoms with van der Waals surface area (Å²) in [5.41, 5.74) is 2.14. The van der Waals surface area contributed by atoms with E-state index in [1.807, 2.05) is 23.4 Å². The van der Waals surface area contributed by atoms with E-state index >= 15 is 0 Å². The van der Waals surface area contributed by atoms with E-state index in [0.29, 0.717) is 35.6 Å². The van der Waals surface area contributed by atoms with Crippen LogP contribution in [0.25, 0.3) is 0 Å². The molecule has 0 spiro atoms. The molecule has 1 fully saturated rings. The van der Waals surface area contributed by atoms with Gasteiger partial charge in [0.25, 0.3) is 0 Å². The first-order valence-corrected chi connectivity index (χ1v) is 8.96. The molecule has 0 bridgehead atoms. The van der Waals surface area contributed by atoms with Crippen molar-refractivity contribution < 1.29 is 13.2 Å². The highest BCUT2D eigenvalue weighted by molar-refractivity contribution is 7.15. The molecule has 6 nitrogen and oxygen atoms in total. The van der Waals surface area contributed by atoms with Gasteiger partial charge in [0, 0.05) is 37.9 Å². The number of nitrogens with zero attached hydrogens (tertiary/aromatic N) is 6. The Morgan fingerprint density at radius 1 is 1.16 bits per heavy atom. The van der Waals surface area contributed by atoms with Gasteiger partial charge in [-0.2, -0.15) is 18.3 Å². The number of hydrogen-bond donors (Lipinski definition) is 0. The van der Waals surface area contributed by atoms with Crippen LogP contribution in [0.4, 0.5) is 18.3 Å². The molecule has 0 radical (unpaired) electrons. The Morgan fingerprint density at radius 2 is 1.84 bits per heavy atom. The van der Waals surface area contributed by atoms with E-state index in [2.05, 4.69) is 33.2 Å². The van der Waals surface area contributed by atoms with Crippen molar-refractivity contribution in [1.82, 2.24) is 24.9 Å². The zero-order valence-corrected chi connectivity index (χ0v) is 15.2. The summed E-state index contributed by atoms with van der Waals surface area (Å²) in [6.07, 6.45) is -4.42. The van der Waals surface area contributed by atoms with Crippen molar-refractivity contribution in [3.63, 3.8) is 0 Å². The Kier molecular flexibility index (Phi) is 5.01. The second-order valence-corrected chi connectivity index (χ2v) is 7.32. The lowest BCUT2D eigenvalue weighted by Gasteiger charge is -2.37. The van der Waals surface area contributed by atoms with Crippen molar-refractivity contribution >= 4 is 16.5 Å². The summed E-state index contributed by atoms with van der Waals surface area (Å²) in [5.74, 6) is 0.